The summed E-state index contributed by atoms with van der Waals surface area (Å²) >= 11 is 0. The summed E-state index contributed by atoms with van der Waals surface area (Å²) in [6, 6.07) is 16.2. The molecule has 90 valence electrons. The molecule has 0 saturated carbocycles. The summed E-state index contributed by atoms with van der Waals surface area (Å²) < 4.78 is 0. The summed E-state index contributed by atoms with van der Waals surface area (Å²) in [7, 11) is 0. The molecular formula is C16H16N2. The summed E-state index contributed by atoms with van der Waals surface area (Å²) in [5, 5.41) is 12.5. The SMILES string of the molecule is CCc1cccc(Nc2c(C)cccc2C#N)c1. The summed E-state index contributed by atoms with van der Waals surface area (Å²) in [5.74, 6) is 0. The Labute approximate surface area is 108 Å². The van der Waals surface area contributed by atoms with E-state index in [2.05, 4.69) is 30.4 Å². The van der Waals surface area contributed by atoms with Gasteiger partial charge in [-0.15, -0.1) is 0 Å². The van der Waals surface area contributed by atoms with Crippen LogP contribution in [0.4, 0.5) is 11.4 Å². The number of nitrogens with zero attached hydrogens (tertiary/aromatic N) is 1. The molecule has 2 aromatic rings. The fraction of sp³-hybridized carbons (Fsp3) is 0.188. The van der Waals surface area contributed by atoms with Crippen molar-refractivity contribution in [3.8, 4) is 6.07 Å². The summed E-state index contributed by atoms with van der Waals surface area (Å²) in [6.45, 7) is 4.14. The van der Waals surface area contributed by atoms with Gasteiger partial charge in [-0.3, -0.25) is 0 Å². The van der Waals surface area contributed by atoms with Crippen molar-refractivity contribution in [1.82, 2.24) is 0 Å². The van der Waals surface area contributed by atoms with Gasteiger partial charge in [0.05, 0.1) is 11.3 Å². The predicted octanol–water partition coefficient (Wildman–Crippen LogP) is 4.17. The van der Waals surface area contributed by atoms with E-state index in [0.717, 1.165) is 23.4 Å². The second-order valence-corrected chi connectivity index (χ2v) is 4.29. The molecule has 18 heavy (non-hydrogen) atoms. The third-order valence-electron chi connectivity index (χ3n) is 3.00. The molecular weight excluding hydrogens is 220 g/mol. The molecule has 2 heteroatoms. The highest BCUT2D eigenvalue weighted by atomic mass is 14.9. The molecule has 1 N–H and O–H groups in total. The molecule has 0 unspecified atom stereocenters. The van der Waals surface area contributed by atoms with Crippen LogP contribution in [-0.2, 0) is 6.42 Å². The number of hydrogen-bond acceptors (Lipinski definition) is 2. The highest BCUT2D eigenvalue weighted by Gasteiger charge is 2.05. The number of rotatable bonds is 3. The normalized spacial score (nSPS) is 9.83. The Kier molecular flexibility index (Phi) is 3.64. The van der Waals surface area contributed by atoms with E-state index in [0.29, 0.717) is 5.56 Å². The van der Waals surface area contributed by atoms with Crippen LogP contribution >= 0.6 is 0 Å². The fourth-order valence-electron chi connectivity index (χ4n) is 1.94. The van der Waals surface area contributed by atoms with Gasteiger partial charge in [0, 0.05) is 5.69 Å². The van der Waals surface area contributed by atoms with Crippen LogP contribution in [0.5, 0.6) is 0 Å². The first-order valence-corrected chi connectivity index (χ1v) is 6.10. The average Bonchev–Trinajstić information content (AvgIpc) is 2.41. The second kappa shape index (κ2) is 5.37. The first-order valence-electron chi connectivity index (χ1n) is 6.10. The smallest absolute Gasteiger partial charge is 0.101 e. The van der Waals surface area contributed by atoms with E-state index in [-0.39, 0.29) is 0 Å². The van der Waals surface area contributed by atoms with Crippen molar-refractivity contribution in [2.45, 2.75) is 20.3 Å². The number of benzene rings is 2. The molecule has 0 aliphatic rings. The summed E-state index contributed by atoms with van der Waals surface area (Å²) in [6.07, 6.45) is 1.01. The third kappa shape index (κ3) is 2.52. The van der Waals surface area contributed by atoms with Gasteiger partial charge >= 0.3 is 0 Å². The van der Waals surface area contributed by atoms with Crippen molar-refractivity contribution < 1.29 is 0 Å². The van der Waals surface area contributed by atoms with Crippen LogP contribution in [0.3, 0.4) is 0 Å². The van der Waals surface area contributed by atoms with Gasteiger partial charge in [0.25, 0.3) is 0 Å². The van der Waals surface area contributed by atoms with Crippen molar-refractivity contribution in [3.63, 3.8) is 0 Å². The molecule has 0 saturated heterocycles. The Morgan fingerprint density at radius 2 is 1.94 bits per heavy atom. The van der Waals surface area contributed by atoms with Gasteiger partial charge in [-0.1, -0.05) is 31.2 Å². The van der Waals surface area contributed by atoms with Crippen LogP contribution < -0.4 is 5.32 Å². The number of nitrogens with one attached hydrogen (secondary N) is 1. The van der Waals surface area contributed by atoms with Crippen molar-refractivity contribution in [1.29, 1.82) is 5.26 Å². The molecule has 0 spiro atoms. The number of anilines is 2. The van der Waals surface area contributed by atoms with Crippen LogP contribution in [0.15, 0.2) is 42.5 Å². The molecule has 0 heterocycles. The van der Waals surface area contributed by atoms with E-state index < -0.39 is 0 Å². The van der Waals surface area contributed by atoms with Gasteiger partial charge in [0.15, 0.2) is 0 Å². The van der Waals surface area contributed by atoms with Gasteiger partial charge in [-0.05, 0) is 42.7 Å². The van der Waals surface area contributed by atoms with Gasteiger partial charge in [-0.2, -0.15) is 5.26 Å². The van der Waals surface area contributed by atoms with Gasteiger partial charge in [0.2, 0.25) is 0 Å². The van der Waals surface area contributed by atoms with E-state index in [1.165, 1.54) is 5.56 Å². The molecule has 0 aromatic heterocycles. The predicted molar refractivity (Wildman–Crippen MR) is 75.0 cm³/mol. The van der Waals surface area contributed by atoms with Crippen LogP contribution in [0.1, 0.15) is 23.6 Å². The Bertz CT molecular complexity index is 594. The van der Waals surface area contributed by atoms with Crippen molar-refractivity contribution in [3.05, 3.63) is 59.2 Å². The molecule has 2 nitrogen and oxygen atoms in total. The Hall–Kier alpha value is -2.27. The van der Waals surface area contributed by atoms with Crippen molar-refractivity contribution in [2.75, 3.05) is 5.32 Å². The number of nitriles is 1. The average molecular weight is 236 g/mol. The van der Waals surface area contributed by atoms with Crippen LogP contribution in [0.25, 0.3) is 0 Å². The standard InChI is InChI=1S/C16H16N2/c1-3-13-7-5-9-15(10-13)18-16-12(2)6-4-8-14(16)11-17/h4-10,18H,3H2,1-2H3. The zero-order valence-electron chi connectivity index (χ0n) is 10.7. The summed E-state index contributed by atoms with van der Waals surface area (Å²) in [4.78, 5) is 0. The third-order valence-corrected chi connectivity index (χ3v) is 3.00. The van der Waals surface area contributed by atoms with E-state index in [1.807, 2.05) is 37.3 Å². The van der Waals surface area contributed by atoms with Crippen molar-refractivity contribution in [2.24, 2.45) is 0 Å². The monoisotopic (exact) mass is 236 g/mol. The van der Waals surface area contributed by atoms with E-state index in [1.54, 1.807) is 0 Å². The van der Waals surface area contributed by atoms with E-state index >= 15 is 0 Å². The van der Waals surface area contributed by atoms with E-state index in [4.69, 9.17) is 5.26 Å². The Balaban J connectivity index is 2.37. The van der Waals surface area contributed by atoms with Crippen molar-refractivity contribution >= 4 is 11.4 Å². The van der Waals surface area contributed by atoms with Gasteiger partial charge in [-0.25, -0.2) is 0 Å². The largest absolute Gasteiger partial charge is 0.354 e. The van der Waals surface area contributed by atoms with Gasteiger partial charge < -0.3 is 5.32 Å². The minimum Gasteiger partial charge on any atom is -0.354 e. The first-order chi connectivity index (χ1) is 8.74. The summed E-state index contributed by atoms with van der Waals surface area (Å²) in [5.41, 5.74) is 4.97. The number of aryl methyl sites for hydroxylation is 2. The Morgan fingerprint density at radius 1 is 1.17 bits per heavy atom. The molecule has 0 atom stereocenters. The minimum atomic E-state index is 0.678. The fourth-order valence-corrected chi connectivity index (χ4v) is 1.94. The van der Waals surface area contributed by atoms with Gasteiger partial charge in [0.1, 0.15) is 6.07 Å². The molecule has 2 aromatic carbocycles. The molecule has 0 fully saturated rings. The molecule has 0 aliphatic heterocycles. The minimum absolute atomic E-state index is 0.678. The molecule has 0 bridgehead atoms. The molecule has 0 radical (unpaired) electrons. The lowest BCUT2D eigenvalue weighted by Crippen LogP contribution is -1.97. The maximum absolute atomic E-state index is 9.13. The zero-order valence-corrected chi connectivity index (χ0v) is 10.7. The molecule has 2 rings (SSSR count). The maximum Gasteiger partial charge on any atom is 0.101 e. The zero-order chi connectivity index (χ0) is 13.0. The topological polar surface area (TPSA) is 35.8 Å². The first kappa shape index (κ1) is 12.2. The van der Waals surface area contributed by atoms with Crippen LogP contribution in [-0.4, -0.2) is 0 Å². The van der Waals surface area contributed by atoms with Crippen LogP contribution in [0, 0.1) is 18.3 Å². The molecule has 0 aliphatic carbocycles. The second-order valence-electron chi connectivity index (χ2n) is 4.29. The lowest BCUT2D eigenvalue weighted by Gasteiger charge is -2.12. The molecule has 0 amide bonds. The highest BCUT2D eigenvalue weighted by molar-refractivity contribution is 5.70. The Morgan fingerprint density at radius 3 is 2.67 bits per heavy atom. The maximum atomic E-state index is 9.13. The number of para-hydroxylation sites is 1. The van der Waals surface area contributed by atoms with Crippen LogP contribution in [0.2, 0.25) is 0 Å². The quantitative estimate of drug-likeness (QED) is 0.868. The lowest BCUT2D eigenvalue weighted by molar-refractivity contribution is 1.14. The number of hydrogen-bond donors (Lipinski definition) is 1. The highest BCUT2D eigenvalue weighted by Crippen LogP contribution is 2.24. The van der Waals surface area contributed by atoms with E-state index in [9.17, 15) is 0 Å². The lowest BCUT2D eigenvalue weighted by atomic mass is 10.1.